The van der Waals surface area contributed by atoms with E-state index in [1.54, 1.807) is 6.07 Å². The Balaban J connectivity index is 3.09. The fraction of sp³-hybridized carbons (Fsp3) is 0.500. The predicted octanol–water partition coefficient (Wildman–Crippen LogP) is 2.66. The van der Waals surface area contributed by atoms with Gasteiger partial charge in [0.15, 0.2) is 0 Å². The van der Waals surface area contributed by atoms with E-state index in [1.165, 1.54) is 12.1 Å². The molecular formula is C14H19FN2O2S. The second-order valence-corrected chi connectivity index (χ2v) is 7.43. The smallest absolute Gasteiger partial charge is 0.211 e. The summed E-state index contributed by atoms with van der Waals surface area (Å²) in [7, 11) is -3.90. The van der Waals surface area contributed by atoms with Gasteiger partial charge < -0.3 is 0 Å². The summed E-state index contributed by atoms with van der Waals surface area (Å²) in [6.07, 6.45) is 0. The number of rotatable bonds is 5. The van der Waals surface area contributed by atoms with Gasteiger partial charge in [0.1, 0.15) is 22.3 Å². The summed E-state index contributed by atoms with van der Waals surface area (Å²) >= 11 is 0. The lowest BCUT2D eigenvalue weighted by Crippen LogP contribution is -2.37. The van der Waals surface area contributed by atoms with Gasteiger partial charge in [-0.25, -0.2) is 17.5 Å². The maximum absolute atomic E-state index is 13.5. The van der Waals surface area contributed by atoms with Crippen LogP contribution < -0.4 is 4.72 Å². The molecule has 0 aliphatic rings. The Morgan fingerprint density at radius 2 is 2.00 bits per heavy atom. The van der Waals surface area contributed by atoms with Crippen LogP contribution in [0.3, 0.4) is 0 Å². The van der Waals surface area contributed by atoms with Gasteiger partial charge in [-0.15, -0.1) is 0 Å². The molecule has 6 heteroatoms. The van der Waals surface area contributed by atoms with E-state index in [1.807, 2.05) is 27.7 Å². The zero-order valence-electron chi connectivity index (χ0n) is 12.1. The highest BCUT2D eigenvalue weighted by Crippen LogP contribution is 2.26. The molecule has 0 saturated carbocycles. The third kappa shape index (κ3) is 3.56. The van der Waals surface area contributed by atoms with Gasteiger partial charge >= 0.3 is 0 Å². The summed E-state index contributed by atoms with van der Waals surface area (Å²) in [4.78, 5) is -0.320. The van der Waals surface area contributed by atoms with Crippen molar-refractivity contribution in [2.45, 2.75) is 32.6 Å². The highest BCUT2D eigenvalue weighted by molar-refractivity contribution is 7.89. The largest absolute Gasteiger partial charge is 0.242 e. The van der Waals surface area contributed by atoms with Crippen LogP contribution in [0.1, 0.15) is 33.3 Å². The SMILES string of the molecule is CC(C)C(C)(C)CNS(=O)(=O)c1cccc(F)c1C#N. The lowest BCUT2D eigenvalue weighted by atomic mass is 9.81. The van der Waals surface area contributed by atoms with Crippen molar-refractivity contribution in [2.75, 3.05) is 6.54 Å². The normalized spacial score (nSPS) is 12.4. The summed E-state index contributed by atoms with van der Waals surface area (Å²) in [5.41, 5.74) is -0.699. The second kappa shape index (κ2) is 5.90. The van der Waals surface area contributed by atoms with Crippen molar-refractivity contribution in [3.8, 4) is 6.07 Å². The van der Waals surface area contributed by atoms with Gasteiger partial charge in [0.05, 0.1) is 0 Å². The Hall–Kier alpha value is -1.45. The maximum atomic E-state index is 13.5. The minimum Gasteiger partial charge on any atom is -0.211 e. The van der Waals surface area contributed by atoms with Crippen LogP contribution in [0, 0.1) is 28.5 Å². The Labute approximate surface area is 119 Å². The number of benzene rings is 1. The van der Waals surface area contributed by atoms with Gasteiger partial charge in [-0.3, -0.25) is 0 Å². The van der Waals surface area contributed by atoms with Crippen LogP contribution in [0.2, 0.25) is 0 Å². The number of nitrogens with one attached hydrogen (secondary N) is 1. The number of nitriles is 1. The highest BCUT2D eigenvalue weighted by Gasteiger charge is 2.27. The van der Waals surface area contributed by atoms with Gasteiger partial charge in [-0.1, -0.05) is 33.8 Å². The Bertz CT molecular complexity index is 631. The van der Waals surface area contributed by atoms with Crippen molar-refractivity contribution in [1.29, 1.82) is 5.26 Å². The van der Waals surface area contributed by atoms with Crippen LogP contribution in [0.15, 0.2) is 23.1 Å². The molecule has 0 aliphatic heterocycles. The first-order valence-corrected chi connectivity index (χ1v) is 7.78. The summed E-state index contributed by atoms with van der Waals surface area (Å²) in [5, 5.41) is 8.90. The van der Waals surface area contributed by atoms with Crippen LogP contribution in [0.5, 0.6) is 0 Å². The van der Waals surface area contributed by atoms with Crippen molar-refractivity contribution in [1.82, 2.24) is 4.72 Å². The average Bonchev–Trinajstić information content (AvgIpc) is 2.36. The Morgan fingerprint density at radius 3 is 2.50 bits per heavy atom. The first kappa shape index (κ1) is 16.6. The van der Waals surface area contributed by atoms with E-state index in [2.05, 4.69) is 4.72 Å². The standard InChI is InChI=1S/C14H19FN2O2S/c1-10(2)14(3,4)9-17-20(18,19)13-7-5-6-12(15)11(13)8-16/h5-7,10,17H,9H2,1-4H3. The third-order valence-corrected chi connectivity index (χ3v) is 5.10. The number of nitrogens with zero attached hydrogens (tertiary/aromatic N) is 1. The van der Waals surface area contributed by atoms with E-state index in [4.69, 9.17) is 5.26 Å². The molecule has 1 aromatic rings. The molecule has 1 N–H and O–H groups in total. The van der Waals surface area contributed by atoms with Gasteiger partial charge in [-0.2, -0.15) is 5.26 Å². The molecule has 0 aromatic heterocycles. The summed E-state index contributed by atoms with van der Waals surface area (Å²) in [6, 6.07) is 5.17. The van der Waals surface area contributed by atoms with Crippen LogP contribution in [-0.2, 0) is 10.0 Å². The molecule has 0 atom stereocenters. The molecule has 1 aromatic carbocycles. The monoisotopic (exact) mass is 298 g/mol. The molecular weight excluding hydrogens is 279 g/mol. The van der Waals surface area contributed by atoms with Crippen molar-refractivity contribution in [3.05, 3.63) is 29.6 Å². The van der Waals surface area contributed by atoms with E-state index in [-0.39, 0.29) is 22.8 Å². The second-order valence-electron chi connectivity index (χ2n) is 5.69. The molecule has 0 bridgehead atoms. The molecule has 0 radical (unpaired) electrons. The van der Waals surface area contributed by atoms with Gasteiger partial charge in [0.25, 0.3) is 0 Å². The molecule has 0 aliphatic carbocycles. The lowest BCUT2D eigenvalue weighted by Gasteiger charge is -2.29. The first-order valence-electron chi connectivity index (χ1n) is 6.30. The fourth-order valence-corrected chi connectivity index (χ4v) is 2.79. The molecule has 110 valence electrons. The first-order chi connectivity index (χ1) is 9.12. The maximum Gasteiger partial charge on any atom is 0.242 e. The predicted molar refractivity (Wildman–Crippen MR) is 74.9 cm³/mol. The number of sulfonamides is 1. The Kier molecular flexibility index (Phi) is 4.90. The summed E-state index contributed by atoms with van der Waals surface area (Å²) in [6.45, 7) is 8.09. The third-order valence-electron chi connectivity index (χ3n) is 3.66. The van der Waals surface area contributed by atoms with Crippen LogP contribution in [-0.4, -0.2) is 15.0 Å². The van der Waals surface area contributed by atoms with E-state index < -0.39 is 21.4 Å². The highest BCUT2D eigenvalue weighted by atomic mass is 32.2. The molecule has 0 heterocycles. The summed E-state index contributed by atoms with van der Waals surface area (Å²) in [5.74, 6) is -0.563. The van der Waals surface area contributed by atoms with Gasteiger partial charge in [0.2, 0.25) is 10.0 Å². The van der Waals surface area contributed by atoms with E-state index >= 15 is 0 Å². The van der Waals surface area contributed by atoms with E-state index in [0.29, 0.717) is 0 Å². The van der Waals surface area contributed by atoms with Crippen LogP contribution in [0.25, 0.3) is 0 Å². The van der Waals surface area contributed by atoms with Gasteiger partial charge in [-0.05, 0) is 23.5 Å². The zero-order chi connectivity index (χ0) is 15.6. The van der Waals surface area contributed by atoms with Crippen molar-refractivity contribution in [3.63, 3.8) is 0 Å². The molecule has 0 saturated heterocycles. The summed E-state index contributed by atoms with van der Waals surface area (Å²) < 4.78 is 40.3. The van der Waals surface area contributed by atoms with E-state index in [0.717, 1.165) is 6.07 Å². The van der Waals surface area contributed by atoms with Crippen LogP contribution in [0.4, 0.5) is 4.39 Å². The molecule has 0 amide bonds. The molecule has 1 rings (SSSR count). The lowest BCUT2D eigenvalue weighted by molar-refractivity contribution is 0.252. The van der Waals surface area contributed by atoms with Crippen molar-refractivity contribution < 1.29 is 12.8 Å². The molecule has 0 fully saturated rings. The number of halogens is 1. The zero-order valence-corrected chi connectivity index (χ0v) is 12.9. The number of hydrogen-bond acceptors (Lipinski definition) is 3. The molecule has 0 unspecified atom stereocenters. The van der Waals surface area contributed by atoms with Crippen LogP contribution >= 0.6 is 0 Å². The topological polar surface area (TPSA) is 70.0 Å². The van der Waals surface area contributed by atoms with Crippen molar-refractivity contribution in [2.24, 2.45) is 11.3 Å². The fourth-order valence-electron chi connectivity index (χ4n) is 1.40. The Morgan fingerprint density at radius 1 is 1.40 bits per heavy atom. The number of hydrogen-bond donors (Lipinski definition) is 1. The molecule has 20 heavy (non-hydrogen) atoms. The van der Waals surface area contributed by atoms with E-state index in [9.17, 15) is 12.8 Å². The quantitative estimate of drug-likeness (QED) is 0.908. The minimum atomic E-state index is -3.90. The average molecular weight is 298 g/mol. The minimum absolute atomic E-state index is 0.217. The molecule has 0 spiro atoms. The molecule has 4 nitrogen and oxygen atoms in total. The van der Waals surface area contributed by atoms with Gasteiger partial charge in [0, 0.05) is 6.54 Å². The van der Waals surface area contributed by atoms with Crippen molar-refractivity contribution >= 4 is 10.0 Å².